The zero-order valence-corrected chi connectivity index (χ0v) is 10.6. The standard InChI is InChI=1S/C10H11F3S.C2H6/c1-2-14-7-8-4-3-5-9(6-8)10(11,12)13;1-2/h3-6H,2,7H2,1H3;1-2H3. The number of thioether (sulfide) groups is 1. The zero-order chi connectivity index (χ0) is 12.6. The van der Waals surface area contributed by atoms with Crippen molar-refractivity contribution in [1.82, 2.24) is 0 Å². The van der Waals surface area contributed by atoms with E-state index in [1.54, 1.807) is 17.8 Å². The van der Waals surface area contributed by atoms with Gasteiger partial charge >= 0.3 is 6.18 Å². The van der Waals surface area contributed by atoms with Gasteiger partial charge in [0.05, 0.1) is 5.56 Å². The summed E-state index contributed by atoms with van der Waals surface area (Å²) in [6.07, 6.45) is -4.23. The molecule has 0 aliphatic carbocycles. The molecule has 0 bridgehead atoms. The molecule has 0 amide bonds. The number of hydrogen-bond acceptors (Lipinski definition) is 1. The maximum Gasteiger partial charge on any atom is 0.416 e. The average Bonchev–Trinajstić information content (AvgIpc) is 2.28. The Morgan fingerprint density at radius 2 is 1.81 bits per heavy atom. The highest BCUT2D eigenvalue weighted by Gasteiger charge is 2.30. The topological polar surface area (TPSA) is 0 Å². The van der Waals surface area contributed by atoms with Crippen LogP contribution in [0.25, 0.3) is 0 Å². The van der Waals surface area contributed by atoms with Crippen molar-refractivity contribution < 1.29 is 13.2 Å². The van der Waals surface area contributed by atoms with E-state index in [0.717, 1.165) is 17.4 Å². The van der Waals surface area contributed by atoms with E-state index in [0.29, 0.717) is 5.75 Å². The van der Waals surface area contributed by atoms with Gasteiger partial charge in [0, 0.05) is 5.75 Å². The minimum Gasteiger partial charge on any atom is -0.166 e. The molecular formula is C12H17F3S. The van der Waals surface area contributed by atoms with Crippen molar-refractivity contribution in [2.75, 3.05) is 5.75 Å². The SMILES string of the molecule is CC.CCSCc1cccc(C(F)(F)F)c1. The minimum atomic E-state index is -4.23. The second-order valence-electron chi connectivity index (χ2n) is 2.84. The van der Waals surface area contributed by atoms with Crippen LogP contribution < -0.4 is 0 Å². The quantitative estimate of drug-likeness (QED) is 0.728. The Labute approximate surface area is 99.2 Å². The van der Waals surface area contributed by atoms with Crippen molar-refractivity contribution in [1.29, 1.82) is 0 Å². The summed E-state index contributed by atoms with van der Waals surface area (Å²) >= 11 is 1.61. The highest BCUT2D eigenvalue weighted by atomic mass is 32.2. The molecule has 0 radical (unpaired) electrons. The fraction of sp³-hybridized carbons (Fsp3) is 0.500. The lowest BCUT2D eigenvalue weighted by atomic mass is 10.1. The van der Waals surface area contributed by atoms with Gasteiger partial charge < -0.3 is 0 Å². The summed E-state index contributed by atoms with van der Waals surface area (Å²) in [6.45, 7) is 5.98. The summed E-state index contributed by atoms with van der Waals surface area (Å²) in [5.41, 5.74) is 0.165. The predicted octanol–water partition coefficient (Wildman–Crippen LogP) is 4.98. The summed E-state index contributed by atoms with van der Waals surface area (Å²) in [7, 11) is 0. The monoisotopic (exact) mass is 250 g/mol. The van der Waals surface area contributed by atoms with Gasteiger partial charge in [-0.15, -0.1) is 0 Å². The number of rotatable bonds is 3. The predicted molar refractivity (Wildman–Crippen MR) is 64.6 cm³/mol. The lowest BCUT2D eigenvalue weighted by Gasteiger charge is -2.07. The first-order valence-electron chi connectivity index (χ1n) is 5.28. The molecule has 0 N–H and O–H groups in total. The molecule has 0 saturated carbocycles. The van der Waals surface area contributed by atoms with E-state index in [4.69, 9.17) is 0 Å². The molecule has 4 heteroatoms. The Hall–Kier alpha value is -0.640. The van der Waals surface area contributed by atoms with Crippen LogP contribution in [0.4, 0.5) is 13.2 Å². The molecule has 1 rings (SSSR count). The van der Waals surface area contributed by atoms with E-state index in [2.05, 4.69) is 0 Å². The highest BCUT2D eigenvalue weighted by Crippen LogP contribution is 2.30. The first kappa shape index (κ1) is 15.4. The summed E-state index contributed by atoms with van der Waals surface area (Å²) in [4.78, 5) is 0. The van der Waals surface area contributed by atoms with Gasteiger partial charge in [0.15, 0.2) is 0 Å². The Morgan fingerprint density at radius 3 is 2.31 bits per heavy atom. The van der Waals surface area contributed by atoms with Crippen LogP contribution >= 0.6 is 11.8 Å². The third-order valence-corrected chi connectivity index (χ3v) is 2.67. The molecule has 1 aromatic carbocycles. The van der Waals surface area contributed by atoms with Crippen molar-refractivity contribution >= 4 is 11.8 Å². The van der Waals surface area contributed by atoms with Gasteiger partial charge in [-0.25, -0.2) is 0 Å². The molecule has 0 atom stereocenters. The smallest absolute Gasteiger partial charge is 0.166 e. The van der Waals surface area contributed by atoms with Crippen molar-refractivity contribution in [3.8, 4) is 0 Å². The van der Waals surface area contributed by atoms with Crippen molar-refractivity contribution in [3.05, 3.63) is 35.4 Å². The summed E-state index contributed by atoms with van der Waals surface area (Å²) in [5, 5.41) is 0. The van der Waals surface area contributed by atoms with Crippen LogP contribution in [-0.4, -0.2) is 5.75 Å². The van der Waals surface area contributed by atoms with Crippen LogP contribution in [0.2, 0.25) is 0 Å². The molecule has 0 unspecified atom stereocenters. The molecule has 0 aromatic heterocycles. The largest absolute Gasteiger partial charge is 0.416 e. The Morgan fingerprint density at radius 1 is 1.19 bits per heavy atom. The van der Waals surface area contributed by atoms with Crippen LogP contribution in [0.15, 0.2) is 24.3 Å². The van der Waals surface area contributed by atoms with E-state index in [1.807, 2.05) is 20.8 Å². The van der Waals surface area contributed by atoms with E-state index in [-0.39, 0.29) is 0 Å². The third-order valence-electron chi connectivity index (χ3n) is 1.73. The van der Waals surface area contributed by atoms with Crippen LogP contribution in [-0.2, 0) is 11.9 Å². The normalized spacial score (nSPS) is 10.6. The van der Waals surface area contributed by atoms with Gasteiger partial charge in [0.2, 0.25) is 0 Å². The van der Waals surface area contributed by atoms with Gasteiger partial charge in [-0.05, 0) is 17.4 Å². The molecule has 0 nitrogen and oxygen atoms in total. The van der Waals surface area contributed by atoms with Crippen molar-refractivity contribution in [2.24, 2.45) is 0 Å². The number of alkyl halides is 3. The zero-order valence-electron chi connectivity index (χ0n) is 9.77. The van der Waals surface area contributed by atoms with Crippen LogP contribution in [0, 0.1) is 0 Å². The highest BCUT2D eigenvalue weighted by molar-refractivity contribution is 7.98. The molecule has 1 aromatic rings. The summed E-state index contributed by atoms with van der Waals surface area (Å²) in [6, 6.07) is 5.48. The summed E-state index contributed by atoms with van der Waals surface area (Å²) in [5.74, 6) is 1.55. The maximum atomic E-state index is 12.3. The molecular weight excluding hydrogens is 233 g/mol. The fourth-order valence-electron chi connectivity index (χ4n) is 1.06. The van der Waals surface area contributed by atoms with Gasteiger partial charge in [-0.1, -0.05) is 39.0 Å². The first-order chi connectivity index (χ1) is 7.54. The van der Waals surface area contributed by atoms with Crippen LogP contribution in [0.1, 0.15) is 31.9 Å². The third kappa shape index (κ3) is 5.45. The fourth-order valence-corrected chi connectivity index (χ4v) is 1.68. The van der Waals surface area contributed by atoms with Crippen molar-refractivity contribution in [2.45, 2.75) is 32.7 Å². The molecule has 92 valence electrons. The maximum absolute atomic E-state index is 12.3. The Bertz CT molecular complexity index is 295. The van der Waals surface area contributed by atoms with Gasteiger partial charge in [0.1, 0.15) is 0 Å². The second-order valence-corrected chi connectivity index (χ2v) is 4.11. The molecule has 0 spiro atoms. The van der Waals surface area contributed by atoms with E-state index >= 15 is 0 Å². The molecule has 0 heterocycles. The van der Waals surface area contributed by atoms with Crippen LogP contribution in [0.5, 0.6) is 0 Å². The lowest BCUT2D eigenvalue weighted by molar-refractivity contribution is -0.137. The molecule has 0 saturated heterocycles. The minimum absolute atomic E-state index is 0.563. The lowest BCUT2D eigenvalue weighted by Crippen LogP contribution is -2.04. The summed E-state index contributed by atoms with van der Waals surface area (Å²) < 4.78 is 36.8. The van der Waals surface area contributed by atoms with E-state index < -0.39 is 11.7 Å². The molecule has 0 aliphatic heterocycles. The van der Waals surface area contributed by atoms with Crippen molar-refractivity contribution in [3.63, 3.8) is 0 Å². The Balaban J connectivity index is 0.00000106. The van der Waals surface area contributed by atoms with E-state index in [1.165, 1.54) is 12.1 Å². The molecule has 0 aliphatic rings. The number of halogens is 3. The Kier molecular flexibility index (Phi) is 7.30. The molecule has 16 heavy (non-hydrogen) atoms. The first-order valence-corrected chi connectivity index (χ1v) is 6.43. The average molecular weight is 250 g/mol. The van der Waals surface area contributed by atoms with Gasteiger partial charge in [0.25, 0.3) is 0 Å². The number of benzene rings is 1. The molecule has 0 fully saturated rings. The second kappa shape index (κ2) is 7.60. The number of hydrogen-bond donors (Lipinski definition) is 0. The van der Waals surface area contributed by atoms with Gasteiger partial charge in [-0.2, -0.15) is 24.9 Å². The van der Waals surface area contributed by atoms with E-state index in [9.17, 15) is 13.2 Å². The van der Waals surface area contributed by atoms with Crippen LogP contribution in [0.3, 0.4) is 0 Å². The van der Waals surface area contributed by atoms with Gasteiger partial charge in [-0.3, -0.25) is 0 Å².